The molecule has 1 amide bonds. The summed E-state index contributed by atoms with van der Waals surface area (Å²) in [6, 6.07) is 1.81. The first-order valence-corrected chi connectivity index (χ1v) is 4.93. The van der Waals surface area contributed by atoms with Gasteiger partial charge in [0.15, 0.2) is 0 Å². The third-order valence-electron chi connectivity index (χ3n) is 1.95. The molecule has 2 N–H and O–H groups in total. The molecule has 0 saturated heterocycles. The number of rotatable bonds is 5. The van der Waals surface area contributed by atoms with Crippen molar-refractivity contribution in [1.29, 1.82) is 0 Å². The summed E-state index contributed by atoms with van der Waals surface area (Å²) < 4.78 is 0. The van der Waals surface area contributed by atoms with Gasteiger partial charge in [0.25, 0.3) is 0 Å². The van der Waals surface area contributed by atoms with E-state index in [0.717, 1.165) is 18.7 Å². The minimum absolute atomic E-state index is 0.0508. The van der Waals surface area contributed by atoms with Crippen molar-refractivity contribution in [3.8, 4) is 0 Å². The van der Waals surface area contributed by atoms with Crippen LogP contribution in [0.4, 0.5) is 0 Å². The fourth-order valence-corrected chi connectivity index (χ4v) is 1.12. The van der Waals surface area contributed by atoms with Crippen LogP contribution in [0.25, 0.3) is 0 Å². The smallest absolute Gasteiger partial charge is 0.225 e. The normalized spacial score (nSPS) is 10.5. The Hall–Kier alpha value is -1.32. The summed E-state index contributed by atoms with van der Waals surface area (Å²) in [4.78, 5) is 11.3. The molecule has 0 aliphatic heterocycles. The molecule has 4 nitrogen and oxygen atoms in total. The highest BCUT2D eigenvalue weighted by molar-refractivity contribution is 5.77. The number of nitrogens with zero attached hydrogens (tertiary/aromatic N) is 1. The molecule has 1 rings (SSSR count). The number of carbonyl (C=O) groups is 1. The van der Waals surface area contributed by atoms with Gasteiger partial charge in [0.05, 0.1) is 6.42 Å². The highest BCUT2D eigenvalue weighted by Gasteiger charge is 2.03. The summed E-state index contributed by atoms with van der Waals surface area (Å²) in [5.41, 5.74) is 0.854. The third-order valence-corrected chi connectivity index (χ3v) is 1.95. The van der Waals surface area contributed by atoms with Gasteiger partial charge >= 0.3 is 0 Å². The Bertz CT molecular complexity index is 267. The first-order chi connectivity index (χ1) is 6.68. The average Bonchev–Trinajstić information content (AvgIpc) is 2.56. The van der Waals surface area contributed by atoms with E-state index in [4.69, 9.17) is 0 Å². The van der Waals surface area contributed by atoms with E-state index in [1.807, 2.05) is 6.07 Å². The topological polar surface area (TPSA) is 57.8 Å². The molecule has 0 bridgehead atoms. The quantitative estimate of drug-likeness (QED) is 0.739. The molecule has 1 aromatic rings. The Morgan fingerprint density at radius 3 is 3.00 bits per heavy atom. The van der Waals surface area contributed by atoms with Crippen LogP contribution in [0.5, 0.6) is 0 Å². The van der Waals surface area contributed by atoms with Crippen molar-refractivity contribution < 1.29 is 4.79 Å². The minimum atomic E-state index is 0.0508. The number of nitrogens with one attached hydrogen (secondary N) is 2. The van der Waals surface area contributed by atoms with E-state index < -0.39 is 0 Å². The molecule has 0 radical (unpaired) electrons. The summed E-state index contributed by atoms with van der Waals surface area (Å²) in [5.74, 6) is 0.678. The van der Waals surface area contributed by atoms with Gasteiger partial charge in [-0.25, -0.2) is 0 Å². The first kappa shape index (κ1) is 10.8. The molecule has 14 heavy (non-hydrogen) atoms. The lowest BCUT2D eigenvalue weighted by Gasteiger charge is -2.05. The van der Waals surface area contributed by atoms with Crippen LogP contribution in [0.15, 0.2) is 12.3 Å². The molecule has 0 aliphatic rings. The lowest BCUT2D eigenvalue weighted by Crippen LogP contribution is -2.26. The molecule has 1 aromatic heterocycles. The van der Waals surface area contributed by atoms with Gasteiger partial charge in [-0.15, -0.1) is 0 Å². The molecule has 4 heteroatoms. The van der Waals surface area contributed by atoms with Crippen molar-refractivity contribution in [3.63, 3.8) is 0 Å². The maximum Gasteiger partial charge on any atom is 0.225 e. The van der Waals surface area contributed by atoms with Crippen LogP contribution in [0.1, 0.15) is 26.0 Å². The second kappa shape index (κ2) is 5.42. The average molecular weight is 195 g/mol. The zero-order chi connectivity index (χ0) is 10.4. The highest BCUT2D eigenvalue weighted by Crippen LogP contribution is 1.97. The second-order valence-electron chi connectivity index (χ2n) is 3.79. The van der Waals surface area contributed by atoms with Gasteiger partial charge in [-0.2, -0.15) is 5.10 Å². The fraction of sp³-hybridized carbons (Fsp3) is 0.600. The lowest BCUT2D eigenvalue weighted by molar-refractivity contribution is -0.120. The van der Waals surface area contributed by atoms with Crippen molar-refractivity contribution >= 4 is 5.91 Å². The van der Waals surface area contributed by atoms with Gasteiger partial charge in [-0.1, -0.05) is 13.8 Å². The number of amides is 1. The summed E-state index contributed by atoms with van der Waals surface area (Å²) >= 11 is 0. The number of H-pyrrole nitrogens is 1. The number of aromatic amines is 1. The van der Waals surface area contributed by atoms with Crippen LogP contribution in [-0.2, 0) is 11.2 Å². The minimum Gasteiger partial charge on any atom is -0.356 e. The molecule has 78 valence electrons. The standard InChI is InChI=1S/C10H17N3O/c1-8(2)3-5-11-10(14)7-9-4-6-12-13-9/h4,6,8H,3,5,7H2,1-2H3,(H,11,14)(H,12,13). The van der Waals surface area contributed by atoms with E-state index in [-0.39, 0.29) is 5.91 Å². The second-order valence-corrected chi connectivity index (χ2v) is 3.79. The maximum atomic E-state index is 11.3. The Morgan fingerprint density at radius 2 is 2.43 bits per heavy atom. The molecule has 1 heterocycles. The SMILES string of the molecule is CC(C)CCNC(=O)Cc1ccn[nH]1. The predicted octanol–water partition coefficient (Wildman–Crippen LogP) is 1.11. The zero-order valence-electron chi connectivity index (χ0n) is 8.71. The molecule has 0 fully saturated rings. The molecule has 0 unspecified atom stereocenters. The Morgan fingerprint density at radius 1 is 1.64 bits per heavy atom. The van der Waals surface area contributed by atoms with Crippen LogP contribution in [0.2, 0.25) is 0 Å². The van der Waals surface area contributed by atoms with Gasteiger partial charge in [-0.05, 0) is 18.4 Å². The Balaban J connectivity index is 2.17. The van der Waals surface area contributed by atoms with Gasteiger partial charge in [0.1, 0.15) is 0 Å². The Kier molecular flexibility index (Phi) is 4.16. The van der Waals surface area contributed by atoms with Crippen molar-refractivity contribution in [2.45, 2.75) is 26.7 Å². The first-order valence-electron chi connectivity index (χ1n) is 4.93. The molecule has 0 aliphatic carbocycles. The van der Waals surface area contributed by atoms with Crippen LogP contribution in [0, 0.1) is 5.92 Å². The molecule has 0 atom stereocenters. The molecule has 0 saturated carbocycles. The van der Waals surface area contributed by atoms with E-state index in [0.29, 0.717) is 12.3 Å². The van der Waals surface area contributed by atoms with Crippen molar-refractivity contribution in [2.75, 3.05) is 6.54 Å². The summed E-state index contributed by atoms with van der Waals surface area (Å²) in [6.07, 6.45) is 3.06. The van der Waals surface area contributed by atoms with Crippen molar-refractivity contribution in [1.82, 2.24) is 15.5 Å². The van der Waals surface area contributed by atoms with Gasteiger partial charge in [0.2, 0.25) is 5.91 Å². The van der Waals surface area contributed by atoms with Crippen LogP contribution >= 0.6 is 0 Å². The van der Waals surface area contributed by atoms with Crippen LogP contribution < -0.4 is 5.32 Å². The van der Waals surface area contributed by atoms with Gasteiger partial charge < -0.3 is 5.32 Å². The largest absolute Gasteiger partial charge is 0.356 e. The molecular formula is C10H17N3O. The molecule has 0 aromatic carbocycles. The third kappa shape index (κ3) is 4.07. The molecular weight excluding hydrogens is 178 g/mol. The predicted molar refractivity (Wildman–Crippen MR) is 54.8 cm³/mol. The maximum absolute atomic E-state index is 11.3. The van der Waals surface area contributed by atoms with E-state index in [1.165, 1.54) is 0 Å². The Labute approximate surface area is 84.1 Å². The number of hydrogen-bond acceptors (Lipinski definition) is 2. The van der Waals surface area contributed by atoms with E-state index in [2.05, 4.69) is 29.4 Å². The van der Waals surface area contributed by atoms with E-state index >= 15 is 0 Å². The zero-order valence-corrected chi connectivity index (χ0v) is 8.71. The number of aromatic nitrogens is 2. The highest BCUT2D eigenvalue weighted by atomic mass is 16.1. The monoisotopic (exact) mass is 195 g/mol. The van der Waals surface area contributed by atoms with Crippen LogP contribution in [0.3, 0.4) is 0 Å². The van der Waals surface area contributed by atoms with Crippen LogP contribution in [-0.4, -0.2) is 22.6 Å². The summed E-state index contributed by atoms with van der Waals surface area (Å²) in [7, 11) is 0. The summed E-state index contributed by atoms with van der Waals surface area (Å²) in [6.45, 7) is 5.03. The number of hydrogen-bond donors (Lipinski definition) is 2. The van der Waals surface area contributed by atoms with Crippen molar-refractivity contribution in [2.24, 2.45) is 5.92 Å². The van der Waals surface area contributed by atoms with E-state index in [1.54, 1.807) is 6.20 Å². The van der Waals surface area contributed by atoms with Gasteiger partial charge in [0, 0.05) is 18.4 Å². The van der Waals surface area contributed by atoms with Gasteiger partial charge in [-0.3, -0.25) is 9.89 Å². The lowest BCUT2D eigenvalue weighted by atomic mass is 10.1. The molecule has 0 spiro atoms. The number of carbonyl (C=O) groups excluding carboxylic acids is 1. The summed E-state index contributed by atoms with van der Waals surface area (Å²) in [5, 5.41) is 9.40. The fourth-order valence-electron chi connectivity index (χ4n) is 1.12. The van der Waals surface area contributed by atoms with Crippen molar-refractivity contribution in [3.05, 3.63) is 18.0 Å². The van der Waals surface area contributed by atoms with E-state index in [9.17, 15) is 4.79 Å².